The van der Waals surface area contributed by atoms with Gasteiger partial charge in [0.2, 0.25) is 0 Å². The van der Waals surface area contributed by atoms with Gasteiger partial charge < -0.3 is 10.0 Å². The molecule has 1 aromatic carbocycles. The fraction of sp³-hybridized carbons (Fsp3) is 0.278. The molecule has 128 valence electrons. The molecule has 3 aromatic rings. The number of carbonyl (C=O) groups is 1. The molecule has 6 nitrogen and oxygen atoms in total. The molecule has 1 N–H and O–H groups in total. The van der Waals surface area contributed by atoms with Crippen molar-refractivity contribution in [3.05, 3.63) is 47.7 Å². The Bertz CT molecular complexity index is 940. The number of carboxylic acid groups (broad SMARTS) is 1. The Hall–Kier alpha value is -2.60. The average Bonchev–Trinajstić information content (AvgIpc) is 3.06. The second-order valence-corrected chi connectivity index (χ2v) is 6.68. The Morgan fingerprint density at radius 2 is 2.20 bits per heavy atom. The third-order valence-corrected chi connectivity index (χ3v) is 4.80. The number of hydrogen-bond acceptors (Lipinski definition) is 4. The Balaban J connectivity index is 1.74. The van der Waals surface area contributed by atoms with Crippen molar-refractivity contribution in [2.45, 2.75) is 12.8 Å². The van der Waals surface area contributed by atoms with Gasteiger partial charge in [-0.2, -0.15) is 5.10 Å². The van der Waals surface area contributed by atoms with Crippen molar-refractivity contribution in [2.75, 3.05) is 18.0 Å². The summed E-state index contributed by atoms with van der Waals surface area (Å²) >= 11 is 6.08. The number of fused-ring (bicyclic) bond motifs is 1. The van der Waals surface area contributed by atoms with Crippen molar-refractivity contribution in [1.29, 1.82) is 0 Å². The molecule has 1 fully saturated rings. The summed E-state index contributed by atoms with van der Waals surface area (Å²) in [4.78, 5) is 17.9. The second-order valence-electron chi connectivity index (χ2n) is 6.24. The van der Waals surface area contributed by atoms with Gasteiger partial charge in [0.05, 0.1) is 11.6 Å². The highest BCUT2D eigenvalue weighted by molar-refractivity contribution is 6.30. The molecule has 1 aliphatic rings. The van der Waals surface area contributed by atoms with Crippen LogP contribution in [0.25, 0.3) is 16.8 Å². The minimum absolute atomic E-state index is 0.355. The van der Waals surface area contributed by atoms with E-state index >= 15 is 0 Å². The van der Waals surface area contributed by atoms with E-state index in [2.05, 4.69) is 10.1 Å². The topological polar surface area (TPSA) is 70.7 Å². The summed E-state index contributed by atoms with van der Waals surface area (Å²) in [5.74, 6) is -0.329. The predicted molar refractivity (Wildman–Crippen MR) is 96.0 cm³/mol. The van der Waals surface area contributed by atoms with E-state index in [0.29, 0.717) is 18.0 Å². The van der Waals surface area contributed by atoms with Crippen molar-refractivity contribution in [1.82, 2.24) is 14.6 Å². The first kappa shape index (κ1) is 15.9. The van der Waals surface area contributed by atoms with Crippen LogP contribution in [-0.2, 0) is 4.79 Å². The predicted octanol–water partition coefficient (Wildman–Crippen LogP) is 3.35. The summed E-state index contributed by atoms with van der Waals surface area (Å²) in [6, 6.07) is 9.52. The van der Waals surface area contributed by atoms with E-state index in [4.69, 9.17) is 11.6 Å². The van der Waals surface area contributed by atoms with Crippen LogP contribution in [0.1, 0.15) is 12.8 Å². The molecule has 0 unspecified atom stereocenters. The molecular formula is C18H17ClN4O2. The molecule has 0 spiro atoms. The van der Waals surface area contributed by atoms with Crippen molar-refractivity contribution in [3.8, 4) is 11.3 Å². The van der Waals surface area contributed by atoms with E-state index in [1.807, 2.05) is 35.2 Å². The van der Waals surface area contributed by atoms with Gasteiger partial charge in [-0.1, -0.05) is 23.7 Å². The normalized spacial score (nSPS) is 17.8. The number of carboxylic acids is 1. The number of piperidine rings is 1. The molecule has 2 aromatic heterocycles. The summed E-state index contributed by atoms with van der Waals surface area (Å²) in [5, 5.41) is 14.6. The van der Waals surface area contributed by atoms with Gasteiger partial charge >= 0.3 is 5.97 Å². The lowest BCUT2D eigenvalue weighted by Crippen LogP contribution is -2.39. The first-order chi connectivity index (χ1) is 12.1. The minimum Gasteiger partial charge on any atom is -0.481 e. The average molecular weight is 357 g/mol. The third-order valence-electron chi connectivity index (χ3n) is 4.56. The molecular weight excluding hydrogens is 340 g/mol. The lowest BCUT2D eigenvalue weighted by molar-refractivity contribution is -0.141. The Morgan fingerprint density at radius 1 is 1.32 bits per heavy atom. The van der Waals surface area contributed by atoms with Crippen LogP contribution >= 0.6 is 11.6 Å². The van der Waals surface area contributed by atoms with Gasteiger partial charge in [-0.15, -0.1) is 0 Å². The number of anilines is 1. The van der Waals surface area contributed by atoms with E-state index in [1.54, 1.807) is 16.9 Å². The molecule has 7 heteroatoms. The SMILES string of the molecule is O=C(O)[C@H]1CCCN(c2nccn3nc(-c4cccc(Cl)c4)cc23)C1. The lowest BCUT2D eigenvalue weighted by atomic mass is 9.98. The molecule has 25 heavy (non-hydrogen) atoms. The second kappa shape index (κ2) is 6.37. The molecule has 1 saturated heterocycles. The van der Waals surface area contributed by atoms with E-state index in [9.17, 15) is 9.90 Å². The number of nitrogens with zero attached hydrogens (tertiary/aromatic N) is 4. The van der Waals surface area contributed by atoms with E-state index in [1.165, 1.54) is 0 Å². The van der Waals surface area contributed by atoms with E-state index in [0.717, 1.165) is 35.6 Å². The number of halogens is 1. The number of aliphatic carboxylic acids is 1. The van der Waals surface area contributed by atoms with Gasteiger partial charge in [-0.3, -0.25) is 4.79 Å². The van der Waals surface area contributed by atoms with Crippen molar-refractivity contribution < 1.29 is 9.90 Å². The van der Waals surface area contributed by atoms with Crippen LogP contribution < -0.4 is 4.90 Å². The summed E-state index contributed by atoms with van der Waals surface area (Å²) in [7, 11) is 0. The maximum Gasteiger partial charge on any atom is 0.308 e. The molecule has 0 amide bonds. The van der Waals surface area contributed by atoms with Crippen LogP contribution in [0, 0.1) is 5.92 Å². The summed E-state index contributed by atoms with van der Waals surface area (Å²) in [5.41, 5.74) is 2.61. The maximum absolute atomic E-state index is 11.3. The molecule has 1 atom stereocenters. The van der Waals surface area contributed by atoms with E-state index < -0.39 is 5.97 Å². The van der Waals surface area contributed by atoms with Gasteiger partial charge in [0.25, 0.3) is 0 Å². The summed E-state index contributed by atoms with van der Waals surface area (Å²) < 4.78 is 1.78. The number of rotatable bonds is 3. The Morgan fingerprint density at radius 3 is 3.00 bits per heavy atom. The van der Waals surface area contributed by atoms with Gasteiger partial charge in [0, 0.05) is 36.1 Å². The van der Waals surface area contributed by atoms with Crippen LogP contribution in [0.5, 0.6) is 0 Å². The fourth-order valence-corrected chi connectivity index (χ4v) is 3.50. The van der Waals surface area contributed by atoms with Gasteiger partial charge in [0.15, 0.2) is 5.82 Å². The lowest BCUT2D eigenvalue weighted by Gasteiger charge is -2.31. The quantitative estimate of drug-likeness (QED) is 0.779. The van der Waals surface area contributed by atoms with Gasteiger partial charge in [-0.05, 0) is 31.0 Å². The van der Waals surface area contributed by atoms with Crippen molar-refractivity contribution in [2.24, 2.45) is 5.92 Å². The Kier molecular flexibility index (Phi) is 4.05. The Labute approximate surface area is 149 Å². The smallest absolute Gasteiger partial charge is 0.308 e. The van der Waals surface area contributed by atoms with Crippen molar-refractivity contribution >= 4 is 28.9 Å². The monoisotopic (exact) mass is 356 g/mol. The molecule has 0 saturated carbocycles. The van der Waals surface area contributed by atoms with Crippen LogP contribution in [0.15, 0.2) is 42.7 Å². The highest BCUT2D eigenvalue weighted by Crippen LogP contribution is 2.29. The maximum atomic E-state index is 11.3. The van der Waals surface area contributed by atoms with Crippen LogP contribution in [0.2, 0.25) is 5.02 Å². The van der Waals surface area contributed by atoms with Crippen LogP contribution in [0.3, 0.4) is 0 Å². The van der Waals surface area contributed by atoms with E-state index in [-0.39, 0.29) is 5.92 Å². The minimum atomic E-state index is -0.746. The highest BCUT2D eigenvalue weighted by Gasteiger charge is 2.27. The molecule has 4 rings (SSSR count). The molecule has 0 radical (unpaired) electrons. The van der Waals surface area contributed by atoms with Crippen LogP contribution in [0.4, 0.5) is 5.82 Å². The molecule has 1 aliphatic heterocycles. The van der Waals surface area contributed by atoms with Crippen molar-refractivity contribution in [3.63, 3.8) is 0 Å². The highest BCUT2D eigenvalue weighted by atomic mass is 35.5. The molecule has 0 bridgehead atoms. The number of hydrogen-bond donors (Lipinski definition) is 1. The zero-order valence-corrected chi connectivity index (χ0v) is 14.2. The number of aromatic nitrogens is 3. The standard InChI is InChI=1S/C18H17ClN4O2/c19-14-5-1-3-12(9-14)15-10-16-17(20-6-8-23(16)21-15)22-7-2-4-13(11-22)18(24)25/h1,3,5-6,8-10,13H,2,4,7,11H2,(H,24,25)/t13-/m0/s1. The summed E-state index contributed by atoms with van der Waals surface area (Å²) in [6.07, 6.45) is 5.05. The molecule has 3 heterocycles. The van der Waals surface area contributed by atoms with Gasteiger partial charge in [-0.25, -0.2) is 9.50 Å². The third kappa shape index (κ3) is 3.05. The largest absolute Gasteiger partial charge is 0.481 e. The van der Waals surface area contributed by atoms with Crippen LogP contribution in [-0.4, -0.2) is 38.8 Å². The van der Waals surface area contributed by atoms with Gasteiger partial charge in [0.1, 0.15) is 5.52 Å². The fourth-order valence-electron chi connectivity index (χ4n) is 3.31. The molecule has 0 aliphatic carbocycles. The number of benzene rings is 1. The summed E-state index contributed by atoms with van der Waals surface area (Å²) in [6.45, 7) is 1.27. The zero-order valence-electron chi connectivity index (χ0n) is 13.5. The zero-order chi connectivity index (χ0) is 17.4. The first-order valence-electron chi connectivity index (χ1n) is 8.20. The first-order valence-corrected chi connectivity index (χ1v) is 8.58.